The van der Waals surface area contributed by atoms with E-state index in [1.165, 1.54) is 0 Å². The maximum Gasteiger partial charge on any atom is 0.128 e. The molecule has 1 aliphatic heterocycles. The Balaban J connectivity index is 1.64. The van der Waals surface area contributed by atoms with Gasteiger partial charge in [0.15, 0.2) is 0 Å². The predicted octanol–water partition coefficient (Wildman–Crippen LogP) is 4.89. The molecule has 1 aromatic carbocycles. The van der Waals surface area contributed by atoms with Gasteiger partial charge >= 0.3 is 0 Å². The van der Waals surface area contributed by atoms with Gasteiger partial charge in [-0.05, 0) is 48.6 Å². The maximum atomic E-state index is 5.61. The van der Waals surface area contributed by atoms with Gasteiger partial charge in [0.25, 0.3) is 0 Å². The number of benzene rings is 1. The Hall–Kier alpha value is -3.01. The molecule has 23 heavy (non-hydrogen) atoms. The van der Waals surface area contributed by atoms with E-state index in [0.29, 0.717) is 0 Å². The van der Waals surface area contributed by atoms with Gasteiger partial charge in [0.1, 0.15) is 17.6 Å². The van der Waals surface area contributed by atoms with E-state index in [0.717, 1.165) is 29.3 Å². The zero-order chi connectivity index (χ0) is 15.5. The number of allylic oxidation sites excluding steroid dienone is 1. The molecule has 0 radical (unpaired) electrons. The molecule has 0 amide bonds. The van der Waals surface area contributed by atoms with Crippen molar-refractivity contribution in [3.63, 3.8) is 0 Å². The lowest BCUT2D eigenvalue weighted by Crippen LogP contribution is -2.17. The van der Waals surface area contributed by atoms with Gasteiger partial charge in [-0.15, -0.1) is 0 Å². The SMILES string of the molecule is C(=C\c1ccco1)/C1=NN(c2ccccc2)C(c2ccco2)C1. The fourth-order valence-electron chi connectivity index (χ4n) is 2.72. The van der Waals surface area contributed by atoms with Crippen molar-refractivity contribution < 1.29 is 8.83 Å². The van der Waals surface area contributed by atoms with Crippen LogP contribution < -0.4 is 5.01 Å². The van der Waals surface area contributed by atoms with Crippen LogP contribution >= 0.6 is 0 Å². The number of nitrogens with zero attached hydrogens (tertiary/aromatic N) is 2. The second-order valence-electron chi connectivity index (χ2n) is 5.36. The number of hydrogen-bond acceptors (Lipinski definition) is 4. The molecule has 3 aromatic rings. The van der Waals surface area contributed by atoms with Crippen LogP contribution in [0.2, 0.25) is 0 Å². The molecule has 0 aliphatic carbocycles. The van der Waals surface area contributed by atoms with Gasteiger partial charge in [0.2, 0.25) is 0 Å². The molecule has 1 aliphatic rings. The summed E-state index contributed by atoms with van der Waals surface area (Å²) in [6.07, 6.45) is 8.09. The molecule has 2 aromatic heterocycles. The van der Waals surface area contributed by atoms with Gasteiger partial charge in [0, 0.05) is 6.42 Å². The molecule has 114 valence electrons. The minimum Gasteiger partial charge on any atom is -0.467 e. The van der Waals surface area contributed by atoms with Crippen molar-refractivity contribution in [2.75, 3.05) is 5.01 Å². The van der Waals surface area contributed by atoms with E-state index in [2.05, 4.69) is 12.1 Å². The number of rotatable bonds is 4. The molecule has 3 heterocycles. The van der Waals surface area contributed by atoms with Crippen molar-refractivity contribution in [1.82, 2.24) is 0 Å². The molecule has 1 unspecified atom stereocenters. The van der Waals surface area contributed by atoms with Crippen LogP contribution in [0, 0.1) is 0 Å². The summed E-state index contributed by atoms with van der Waals surface area (Å²) in [5, 5.41) is 6.77. The first-order valence-corrected chi connectivity index (χ1v) is 7.57. The molecule has 0 bridgehead atoms. The van der Waals surface area contributed by atoms with Crippen LogP contribution in [0.1, 0.15) is 24.0 Å². The average Bonchev–Trinajstić information content (AvgIpc) is 3.33. The standard InChI is InChI=1S/C19H16N2O2/c1-2-6-16(7-3-1)21-18(19-9-5-13-23-19)14-15(20-21)10-11-17-8-4-12-22-17/h1-13,18H,14H2/b11-10+. The zero-order valence-corrected chi connectivity index (χ0v) is 12.5. The quantitative estimate of drug-likeness (QED) is 0.689. The van der Waals surface area contributed by atoms with Crippen LogP contribution in [0.4, 0.5) is 5.69 Å². The molecule has 0 N–H and O–H groups in total. The van der Waals surface area contributed by atoms with E-state index in [1.807, 2.05) is 59.6 Å². The van der Waals surface area contributed by atoms with Crippen LogP contribution in [0.3, 0.4) is 0 Å². The Morgan fingerprint density at radius 3 is 2.48 bits per heavy atom. The molecule has 0 saturated carbocycles. The number of hydrazone groups is 1. The summed E-state index contributed by atoms with van der Waals surface area (Å²) in [4.78, 5) is 0. The first-order valence-electron chi connectivity index (χ1n) is 7.57. The number of para-hydroxylation sites is 1. The third-order valence-corrected chi connectivity index (χ3v) is 3.81. The van der Waals surface area contributed by atoms with Gasteiger partial charge in [-0.3, -0.25) is 5.01 Å². The third kappa shape index (κ3) is 2.83. The Morgan fingerprint density at radius 2 is 1.74 bits per heavy atom. The van der Waals surface area contributed by atoms with E-state index in [9.17, 15) is 0 Å². The topological polar surface area (TPSA) is 41.9 Å². The summed E-state index contributed by atoms with van der Waals surface area (Å²) >= 11 is 0. The summed E-state index contributed by atoms with van der Waals surface area (Å²) in [7, 11) is 0. The average molecular weight is 304 g/mol. The van der Waals surface area contributed by atoms with Gasteiger partial charge in [-0.2, -0.15) is 5.10 Å². The van der Waals surface area contributed by atoms with E-state index in [4.69, 9.17) is 13.9 Å². The lowest BCUT2D eigenvalue weighted by molar-refractivity contribution is 0.465. The first kappa shape index (κ1) is 13.6. The van der Waals surface area contributed by atoms with Gasteiger partial charge < -0.3 is 8.83 Å². The molecule has 0 saturated heterocycles. The lowest BCUT2D eigenvalue weighted by atomic mass is 10.1. The van der Waals surface area contributed by atoms with Gasteiger partial charge in [0.05, 0.1) is 23.9 Å². The minimum atomic E-state index is 0.0728. The number of hydrogen-bond donors (Lipinski definition) is 0. The van der Waals surface area contributed by atoms with Crippen molar-refractivity contribution in [1.29, 1.82) is 0 Å². The highest BCUT2D eigenvalue weighted by molar-refractivity contribution is 6.00. The molecule has 4 rings (SSSR count). The predicted molar refractivity (Wildman–Crippen MR) is 90.2 cm³/mol. The Morgan fingerprint density at radius 1 is 0.913 bits per heavy atom. The van der Waals surface area contributed by atoms with Crippen molar-refractivity contribution in [2.45, 2.75) is 12.5 Å². The number of furan rings is 2. The fraction of sp³-hybridized carbons (Fsp3) is 0.105. The second-order valence-corrected chi connectivity index (χ2v) is 5.36. The second kappa shape index (κ2) is 6.01. The summed E-state index contributed by atoms with van der Waals surface area (Å²) in [6.45, 7) is 0. The zero-order valence-electron chi connectivity index (χ0n) is 12.5. The van der Waals surface area contributed by atoms with Crippen LogP contribution in [0.25, 0.3) is 6.08 Å². The smallest absolute Gasteiger partial charge is 0.128 e. The summed E-state index contributed by atoms with van der Waals surface area (Å²) in [5.41, 5.74) is 2.04. The highest BCUT2D eigenvalue weighted by atomic mass is 16.3. The van der Waals surface area contributed by atoms with E-state index < -0.39 is 0 Å². The van der Waals surface area contributed by atoms with Crippen LogP contribution in [0.15, 0.2) is 87.1 Å². The Labute approximate surface area is 134 Å². The molecule has 1 atom stereocenters. The van der Waals surface area contributed by atoms with Gasteiger partial charge in [-0.1, -0.05) is 18.2 Å². The third-order valence-electron chi connectivity index (χ3n) is 3.81. The fourth-order valence-corrected chi connectivity index (χ4v) is 2.72. The van der Waals surface area contributed by atoms with E-state index in [-0.39, 0.29) is 6.04 Å². The highest BCUT2D eigenvalue weighted by Crippen LogP contribution is 2.35. The van der Waals surface area contributed by atoms with Crippen LogP contribution in [-0.2, 0) is 0 Å². The molecule has 4 heteroatoms. The monoisotopic (exact) mass is 304 g/mol. The molecule has 0 spiro atoms. The van der Waals surface area contributed by atoms with Crippen LogP contribution in [0.5, 0.6) is 0 Å². The Bertz CT molecular complexity index is 802. The lowest BCUT2D eigenvalue weighted by Gasteiger charge is -2.21. The minimum absolute atomic E-state index is 0.0728. The van der Waals surface area contributed by atoms with Crippen molar-refractivity contribution >= 4 is 17.5 Å². The molecular formula is C19H16N2O2. The molecule has 0 fully saturated rings. The van der Waals surface area contributed by atoms with Gasteiger partial charge in [-0.25, -0.2) is 0 Å². The summed E-state index contributed by atoms with van der Waals surface area (Å²) in [6, 6.07) is 17.9. The van der Waals surface area contributed by atoms with Crippen molar-refractivity contribution in [3.05, 3.63) is 84.7 Å². The van der Waals surface area contributed by atoms with E-state index in [1.54, 1.807) is 12.5 Å². The highest BCUT2D eigenvalue weighted by Gasteiger charge is 2.30. The maximum absolute atomic E-state index is 5.61. The van der Waals surface area contributed by atoms with Crippen molar-refractivity contribution in [3.8, 4) is 0 Å². The van der Waals surface area contributed by atoms with Crippen molar-refractivity contribution in [2.24, 2.45) is 5.10 Å². The Kier molecular flexibility index (Phi) is 3.56. The molecule has 4 nitrogen and oxygen atoms in total. The largest absolute Gasteiger partial charge is 0.467 e. The summed E-state index contributed by atoms with van der Waals surface area (Å²) < 4.78 is 10.9. The summed E-state index contributed by atoms with van der Waals surface area (Å²) in [5.74, 6) is 1.74. The normalized spacial score (nSPS) is 17.8. The molecular weight excluding hydrogens is 288 g/mol. The van der Waals surface area contributed by atoms with Crippen LogP contribution in [-0.4, -0.2) is 5.71 Å². The van der Waals surface area contributed by atoms with E-state index >= 15 is 0 Å². The number of anilines is 1. The first-order chi connectivity index (χ1) is 11.4.